The Morgan fingerprint density at radius 3 is 3.00 bits per heavy atom. The fourth-order valence-corrected chi connectivity index (χ4v) is 0.809. The van der Waals surface area contributed by atoms with Crippen LogP contribution in [0, 0.1) is 12.3 Å². The summed E-state index contributed by atoms with van der Waals surface area (Å²) >= 11 is 0. The van der Waals surface area contributed by atoms with E-state index in [9.17, 15) is 9.90 Å². The van der Waals surface area contributed by atoms with Gasteiger partial charge in [-0.1, -0.05) is 5.92 Å². The summed E-state index contributed by atoms with van der Waals surface area (Å²) in [6, 6.07) is 0. The molecule has 0 fully saturated rings. The van der Waals surface area contributed by atoms with Crippen LogP contribution in [0.3, 0.4) is 0 Å². The molecule has 74 valence electrons. The first-order valence-electron chi connectivity index (χ1n) is 4.08. The number of nitrogens with one attached hydrogen (secondary N) is 1. The highest BCUT2D eigenvalue weighted by molar-refractivity contribution is 5.78. The van der Waals surface area contributed by atoms with Gasteiger partial charge >= 0.3 is 0 Å². The molecule has 1 unspecified atom stereocenters. The summed E-state index contributed by atoms with van der Waals surface area (Å²) in [6.07, 6.45) is 4.96. The molecule has 0 saturated heterocycles. The molecule has 0 saturated carbocycles. The summed E-state index contributed by atoms with van der Waals surface area (Å²) in [4.78, 5) is 10.8. The maximum absolute atomic E-state index is 10.8. The van der Waals surface area contributed by atoms with Crippen LogP contribution in [0.15, 0.2) is 0 Å². The van der Waals surface area contributed by atoms with Crippen molar-refractivity contribution >= 4 is 5.91 Å². The SMILES string of the molecule is C#CCC(=O)NCCC(O)COC. The number of ether oxygens (including phenoxy) is 1. The van der Waals surface area contributed by atoms with E-state index in [0.29, 0.717) is 13.0 Å². The van der Waals surface area contributed by atoms with Gasteiger partial charge in [0.15, 0.2) is 0 Å². The molecule has 1 amide bonds. The van der Waals surface area contributed by atoms with Crippen molar-refractivity contribution in [3.05, 3.63) is 0 Å². The molecule has 2 N–H and O–H groups in total. The zero-order valence-corrected chi connectivity index (χ0v) is 7.75. The quantitative estimate of drug-likeness (QED) is 0.550. The number of methoxy groups -OCH3 is 1. The molecule has 4 heteroatoms. The van der Waals surface area contributed by atoms with Gasteiger partial charge in [-0.3, -0.25) is 4.79 Å². The maximum atomic E-state index is 10.8. The second-order valence-corrected chi connectivity index (χ2v) is 2.63. The minimum absolute atomic E-state index is 0.0837. The van der Waals surface area contributed by atoms with E-state index in [-0.39, 0.29) is 18.9 Å². The number of aliphatic hydroxyl groups is 1. The second-order valence-electron chi connectivity index (χ2n) is 2.63. The van der Waals surface area contributed by atoms with E-state index in [1.54, 1.807) is 0 Å². The minimum Gasteiger partial charge on any atom is -0.391 e. The molecule has 0 radical (unpaired) electrons. The summed E-state index contributed by atoms with van der Waals surface area (Å²) < 4.78 is 4.71. The number of hydrogen-bond acceptors (Lipinski definition) is 3. The van der Waals surface area contributed by atoms with Crippen molar-refractivity contribution in [1.82, 2.24) is 5.32 Å². The van der Waals surface area contributed by atoms with E-state index in [1.807, 2.05) is 0 Å². The molecular formula is C9H15NO3. The summed E-state index contributed by atoms with van der Waals surface area (Å²) in [5.41, 5.74) is 0. The molecule has 0 aliphatic heterocycles. The third-order valence-electron chi connectivity index (χ3n) is 1.42. The van der Waals surface area contributed by atoms with Crippen LogP contribution >= 0.6 is 0 Å². The van der Waals surface area contributed by atoms with Gasteiger partial charge < -0.3 is 15.2 Å². The highest BCUT2D eigenvalue weighted by atomic mass is 16.5. The van der Waals surface area contributed by atoms with E-state index >= 15 is 0 Å². The lowest BCUT2D eigenvalue weighted by atomic mass is 10.2. The number of carbonyl (C=O) groups is 1. The third kappa shape index (κ3) is 7.32. The van der Waals surface area contributed by atoms with E-state index in [1.165, 1.54) is 7.11 Å². The Labute approximate surface area is 78.3 Å². The zero-order valence-electron chi connectivity index (χ0n) is 7.75. The first-order valence-corrected chi connectivity index (χ1v) is 4.08. The van der Waals surface area contributed by atoms with Gasteiger partial charge in [0.05, 0.1) is 19.1 Å². The lowest BCUT2D eigenvalue weighted by Gasteiger charge is -2.09. The van der Waals surface area contributed by atoms with Crippen molar-refractivity contribution in [2.75, 3.05) is 20.3 Å². The number of aliphatic hydroxyl groups excluding tert-OH is 1. The molecule has 0 heterocycles. The largest absolute Gasteiger partial charge is 0.391 e. The van der Waals surface area contributed by atoms with Gasteiger partial charge in [-0.2, -0.15) is 0 Å². The Bertz CT molecular complexity index is 186. The van der Waals surface area contributed by atoms with Crippen LogP contribution in [0.1, 0.15) is 12.8 Å². The number of hydrogen-bond donors (Lipinski definition) is 2. The molecule has 0 aromatic carbocycles. The molecule has 1 atom stereocenters. The highest BCUT2D eigenvalue weighted by Gasteiger charge is 2.03. The van der Waals surface area contributed by atoms with Crippen molar-refractivity contribution in [1.29, 1.82) is 0 Å². The van der Waals surface area contributed by atoms with Crippen LogP contribution in [0.4, 0.5) is 0 Å². The fraction of sp³-hybridized carbons (Fsp3) is 0.667. The Morgan fingerprint density at radius 1 is 1.77 bits per heavy atom. The maximum Gasteiger partial charge on any atom is 0.232 e. The third-order valence-corrected chi connectivity index (χ3v) is 1.42. The van der Waals surface area contributed by atoms with E-state index in [0.717, 1.165) is 0 Å². The molecule has 4 nitrogen and oxygen atoms in total. The summed E-state index contributed by atoms with van der Waals surface area (Å²) in [6.45, 7) is 0.704. The number of rotatable bonds is 6. The van der Waals surface area contributed by atoms with Crippen molar-refractivity contribution in [2.45, 2.75) is 18.9 Å². The minimum atomic E-state index is -0.531. The first kappa shape index (κ1) is 11.9. The Balaban J connectivity index is 3.34. The van der Waals surface area contributed by atoms with Crippen LogP contribution in [-0.4, -0.2) is 37.4 Å². The van der Waals surface area contributed by atoms with Gasteiger partial charge in [0.1, 0.15) is 0 Å². The smallest absolute Gasteiger partial charge is 0.232 e. The molecule has 0 aromatic rings. The molecule has 0 rings (SSSR count). The van der Waals surface area contributed by atoms with Gasteiger partial charge in [-0.05, 0) is 6.42 Å². The predicted molar refractivity (Wildman–Crippen MR) is 49.0 cm³/mol. The zero-order chi connectivity index (χ0) is 10.1. The molecule has 0 aliphatic rings. The molecular weight excluding hydrogens is 170 g/mol. The van der Waals surface area contributed by atoms with Crippen LogP contribution in [0.5, 0.6) is 0 Å². The average Bonchev–Trinajstić information content (AvgIpc) is 2.05. The van der Waals surface area contributed by atoms with E-state index in [2.05, 4.69) is 11.2 Å². The topological polar surface area (TPSA) is 58.6 Å². The Kier molecular flexibility index (Phi) is 6.98. The van der Waals surface area contributed by atoms with E-state index in [4.69, 9.17) is 11.2 Å². The predicted octanol–water partition coefficient (Wildman–Crippen LogP) is -0.477. The van der Waals surface area contributed by atoms with E-state index < -0.39 is 6.10 Å². The van der Waals surface area contributed by atoms with Gasteiger partial charge in [0.2, 0.25) is 5.91 Å². The summed E-state index contributed by atoms with van der Waals surface area (Å²) in [7, 11) is 1.51. The molecule has 0 bridgehead atoms. The summed E-state index contributed by atoms with van der Waals surface area (Å²) in [5, 5.41) is 11.8. The van der Waals surface area contributed by atoms with Crippen molar-refractivity contribution in [3.63, 3.8) is 0 Å². The Morgan fingerprint density at radius 2 is 2.46 bits per heavy atom. The highest BCUT2D eigenvalue weighted by Crippen LogP contribution is 1.90. The van der Waals surface area contributed by atoms with Gasteiger partial charge in [-0.15, -0.1) is 6.42 Å². The monoisotopic (exact) mass is 185 g/mol. The summed E-state index contributed by atoms with van der Waals surface area (Å²) in [5.74, 6) is 2.04. The number of amides is 1. The first-order chi connectivity index (χ1) is 6.20. The van der Waals surface area contributed by atoms with Crippen molar-refractivity contribution in [2.24, 2.45) is 0 Å². The normalized spacial score (nSPS) is 11.8. The lowest BCUT2D eigenvalue weighted by Crippen LogP contribution is -2.27. The van der Waals surface area contributed by atoms with Crippen molar-refractivity contribution < 1.29 is 14.6 Å². The number of carbonyl (C=O) groups excluding carboxylic acids is 1. The van der Waals surface area contributed by atoms with Crippen molar-refractivity contribution in [3.8, 4) is 12.3 Å². The second kappa shape index (κ2) is 7.59. The van der Waals surface area contributed by atoms with Gasteiger partial charge in [-0.25, -0.2) is 0 Å². The molecule has 0 spiro atoms. The lowest BCUT2D eigenvalue weighted by molar-refractivity contribution is -0.120. The Hall–Kier alpha value is -1.05. The van der Waals surface area contributed by atoms with Gasteiger partial charge in [0, 0.05) is 13.7 Å². The van der Waals surface area contributed by atoms with Crippen LogP contribution in [0.25, 0.3) is 0 Å². The standard InChI is InChI=1S/C9H15NO3/c1-3-4-9(12)10-6-5-8(11)7-13-2/h1,8,11H,4-7H2,2H3,(H,10,12). The molecule has 0 aromatic heterocycles. The number of terminal acetylenes is 1. The van der Waals surface area contributed by atoms with Gasteiger partial charge in [0.25, 0.3) is 0 Å². The fourth-order valence-electron chi connectivity index (χ4n) is 0.809. The van der Waals surface area contributed by atoms with Crippen LogP contribution in [-0.2, 0) is 9.53 Å². The van der Waals surface area contributed by atoms with Crippen LogP contribution < -0.4 is 5.32 Å². The molecule has 0 aliphatic carbocycles. The van der Waals surface area contributed by atoms with Crippen LogP contribution in [0.2, 0.25) is 0 Å². The molecule has 13 heavy (non-hydrogen) atoms. The average molecular weight is 185 g/mol.